The summed E-state index contributed by atoms with van der Waals surface area (Å²) in [6.45, 7) is 3.73. The van der Waals surface area contributed by atoms with Crippen LogP contribution in [0.25, 0.3) is 0 Å². The summed E-state index contributed by atoms with van der Waals surface area (Å²) in [7, 11) is 0. The van der Waals surface area contributed by atoms with Crippen LogP contribution in [-0.2, 0) is 4.74 Å². The van der Waals surface area contributed by atoms with Gasteiger partial charge >= 0.3 is 5.70 Å². The van der Waals surface area contributed by atoms with E-state index in [4.69, 9.17) is 10.5 Å². The molecule has 0 saturated carbocycles. The van der Waals surface area contributed by atoms with Gasteiger partial charge in [-0.15, -0.1) is 0 Å². The number of ether oxygens (including phenoxy) is 1. The summed E-state index contributed by atoms with van der Waals surface area (Å²) >= 11 is 0. The predicted octanol–water partition coefficient (Wildman–Crippen LogP) is 0.777. The summed E-state index contributed by atoms with van der Waals surface area (Å²) in [6.07, 6.45) is 6.38. The molecule has 0 bridgehead atoms. The number of rotatable bonds is 4. The van der Waals surface area contributed by atoms with Gasteiger partial charge in [-0.1, -0.05) is 0 Å². The normalized spacial score (nSPS) is 24.3. The van der Waals surface area contributed by atoms with Crippen molar-refractivity contribution in [2.45, 2.75) is 37.8 Å². The summed E-state index contributed by atoms with van der Waals surface area (Å²) in [5, 5.41) is 10.6. The Labute approximate surface area is 118 Å². The Balaban J connectivity index is 1.79. The average molecular weight is 282 g/mol. The summed E-state index contributed by atoms with van der Waals surface area (Å²) in [5.41, 5.74) is 5.05. The zero-order valence-electron chi connectivity index (χ0n) is 11.6. The minimum atomic E-state index is -0.513. The number of allylic oxidation sites excluding steroid dienone is 1. The fourth-order valence-corrected chi connectivity index (χ4v) is 2.78. The van der Waals surface area contributed by atoms with E-state index in [0.29, 0.717) is 6.04 Å². The van der Waals surface area contributed by atoms with Crippen LogP contribution in [0.2, 0.25) is 0 Å². The van der Waals surface area contributed by atoms with E-state index in [1.807, 2.05) is 0 Å². The zero-order chi connectivity index (χ0) is 14.4. The first-order chi connectivity index (χ1) is 9.70. The van der Waals surface area contributed by atoms with Gasteiger partial charge in [-0.25, -0.2) is 0 Å². The van der Waals surface area contributed by atoms with Crippen molar-refractivity contribution in [3.8, 4) is 0 Å². The quantitative estimate of drug-likeness (QED) is 0.467. The highest BCUT2D eigenvalue weighted by Gasteiger charge is 2.26. The van der Waals surface area contributed by atoms with E-state index in [1.165, 1.54) is 6.21 Å². The maximum atomic E-state index is 10.6. The highest BCUT2D eigenvalue weighted by atomic mass is 16.6. The molecule has 2 rings (SSSR count). The fraction of sp³-hybridized carbons (Fsp3) is 0.769. The number of hydrogen-bond acceptors (Lipinski definition) is 6. The van der Waals surface area contributed by atoms with Gasteiger partial charge in [0.15, 0.2) is 0 Å². The zero-order valence-corrected chi connectivity index (χ0v) is 11.6. The average Bonchev–Trinajstić information content (AvgIpc) is 2.49. The molecule has 2 N–H and O–H groups in total. The lowest BCUT2D eigenvalue weighted by Crippen LogP contribution is -2.44. The van der Waals surface area contributed by atoms with Crippen molar-refractivity contribution in [1.29, 1.82) is 0 Å². The van der Waals surface area contributed by atoms with Crippen molar-refractivity contribution in [2.24, 2.45) is 10.7 Å². The molecular weight excluding hydrogens is 260 g/mol. The number of likely N-dealkylation sites (tertiary alicyclic amines) is 1. The van der Waals surface area contributed by atoms with Gasteiger partial charge in [0.1, 0.15) is 6.21 Å². The van der Waals surface area contributed by atoms with Crippen molar-refractivity contribution in [3.05, 3.63) is 22.0 Å². The molecule has 0 atom stereocenters. The minimum absolute atomic E-state index is 0.142. The molecule has 0 aromatic heterocycles. The standard InChI is InChI=1S/C13H22N4O3/c14-9-13(17(18)19)10-15-11-1-5-16(6-2-11)12-3-7-20-8-4-12/h9-12H,1-8,14H2. The second kappa shape index (κ2) is 7.35. The third kappa shape index (κ3) is 4.01. The SMILES string of the molecule is NC=C(C=NC1CCN(C2CCOCC2)CC1)[N+](=O)[O-]. The van der Waals surface area contributed by atoms with Gasteiger partial charge < -0.3 is 15.4 Å². The van der Waals surface area contributed by atoms with Crippen molar-refractivity contribution in [1.82, 2.24) is 4.90 Å². The van der Waals surface area contributed by atoms with Crippen LogP contribution in [-0.4, -0.2) is 54.4 Å². The highest BCUT2D eigenvalue weighted by Crippen LogP contribution is 2.21. The van der Waals surface area contributed by atoms with Gasteiger partial charge in [0.05, 0.1) is 17.2 Å². The van der Waals surface area contributed by atoms with Crippen LogP contribution in [0.3, 0.4) is 0 Å². The van der Waals surface area contributed by atoms with Crippen LogP contribution in [0.4, 0.5) is 0 Å². The first kappa shape index (κ1) is 14.9. The van der Waals surface area contributed by atoms with Crippen molar-refractivity contribution >= 4 is 6.21 Å². The van der Waals surface area contributed by atoms with E-state index in [9.17, 15) is 10.1 Å². The number of piperidine rings is 1. The van der Waals surface area contributed by atoms with Gasteiger partial charge in [-0.3, -0.25) is 15.1 Å². The van der Waals surface area contributed by atoms with Gasteiger partial charge in [0.2, 0.25) is 0 Å². The molecule has 2 heterocycles. The van der Waals surface area contributed by atoms with E-state index in [2.05, 4.69) is 9.89 Å². The maximum Gasteiger partial charge on any atom is 0.302 e. The number of nitro groups is 1. The molecule has 20 heavy (non-hydrogen) atoms. The third-order valence-corrected chi connectivity index (χ3v) is 4.01. The molecule has 0 aromatic carbocycles. The smallest absolute Gasteiger partial charge is 0.302 e. The van der Waals surface area contributed by atoms with E-state index in [1.54, 1.807) is 0 Å². The summed E-state index contributed by atoms with van der Waals surface area (Å²) < 4.78 is 5.38. The first-order valence-corrected chi connectivity index (χ1v) is 7.12. The third-order valence-electron chi connectivity index (χ3n) is 4.01. The molecule has 0 unspecified atom stereocenters. The second-order valence-corrected chi connectivity index (χ2v) is 5.24. The molecule has 7 nitrogen and oxygen atoms in total. The molecule has 7 heteroatoms. The Morgan fingerprint density at radius 2 is 1.95 bits per heavy atom. The number of nitrogens with zero attached hydrogens (tertiary/aromatic N) is 3. The Bertz CT molecular complexity index is 383. The number of aliphatic imine (C=N–C) groups is 1. The second-order valence-electron chi connectivity index (χ2n) is 5.24. The Kier molecular flexibility index (Phi) is 5.49. The molecule has 0 radical (unpaired) electrons. The van der Waals surface area contributed by atoms with Gasteiger partial charge in [0, 0.05) is 32.3 Å². The molecule has 0 spiro atoms. The van der Waals surface area contributed by atoms with E-state index >= 15 is 0 Å². The van der Waals surface area contributed by atoms with Crippen LogP contribution >= 0.6 is 0 Å². The van der Waals surface area contributed by atoms with Gasteiger partial charge in [0.25, 0.3) is 0 Å². The topological polar surface area (TPSA) is 94.0 Å². The van der Waals surface area contributed by atoms with Crippen molar-refractivity contribution in [3.63, 3.8) is 0 Å². The van der Waals surface area contributed by atoms with Gasteiger partial charge in [-0.05, 0) is 25.7 Å². The molecule has 0 amide bonds. The first-order valence-electron chi connectivity index (χ1n) is 7.12. The Morgan fingerprint density at radius 3 is 2.50 bits per heavy atom. The van der Waals surface area contributed by atoms with Crippen LogP contribution < -0.4 is 5.73 Å². The predicted molar refractivity (Wildman–Crippen MR) is 76.2 cm³/mol. The summed E-state index contributed by atoms with van der Waals surface area (Å²) in [4.78, 5) is 16.9. The number of nitrogens with two attached hydrogens (primary N) is 1. The van der Waals surface area contributed by atoms with Crippen LogP contribution in [0.15, 0.2) is 16.9 Å². The fourth-order valence-electron chi connectivity index (χ4n) is 2.78. The Morgan fingerprint density at radius 1 is 1.30 bits per heavy atom. The lowest BCUT2D eigenvalue weighted by Gasteiger charge is -2.38. The minimum Gasteiger partial charge on any atom is -0.399 e. The van der Waals surface area contributed by atoms with E-state index in [0.717, 1.165) is 58.2 Å². The largest absolute Gasteiger partial charge is 0.399 e. The molecule has 2 aliphatic heterocycles. The highest BCUT2D eigenvalue weighted by molar-refractivity contribution is 5.75. The molecular formula is C13H22N4O3. The van der Waals surface area contributed by atoms with Crippen LogP contribution in [0, 0.1) is 10.1 Å². The molecule has 2 fully saturated rings. The van der Waals surface area contributed by atoms with Crippen LogP contribution in [0.1, 0.15) is 25.7 Å². The number of hydrogen-bond donors (Lipinski definition) is 1. The lowest BCUT2D eigenvalue weighted by molar-refractivity contribution is -0.414. The van der Waals surface area contributed by atoms with Crippen LogP contribution in [0.5, 0.6) is 0 Å². The molecule has 2 saturated heterocycles. The molecule has 112 valence electrons. The molecule has 0 aliphatic carbocycles. The maximum absolute atomic E-state index is 10.6. The van der Waals surface area contributed by atoms with E-state index in [-0.39, 0.29) is 11.7 Å². The van der Waals surface area contributed by atoms with Gasteiger partial charge in [-0.2, -0.15) is 0 Å². The van der Waals surface area contributed by atoms with E-state index < -0.39 is 4.92 Å². The monoisotopic (exact) mass is 282 g/mol. The summed E-state index contributed by atoms with van der Waals surface area (Å²) in [5.74, 6) is 0. The molecule has 0 aromatic rings. The lowest BCUT2D eigenvalue weighted by atomic mass is 10.00. The Hall–Kier alpha value is -1.47. The van der Waals surface area contributed by atoms with Crippen molar-refractivity contribution in [2.75, 3.05) is 26.3 Å². The molecule has 2 aliphatic rings. The van der Waals surface area contributed by atoms with Crippen molar-refractivity contribution < 1.29 is 9.66 Å². The summed E-state index contributed by atoms with van der Waals surface area (Å²) in [6, 6.07) is 0.799.